The van der Waals surface area contributed by atoms with E-state index in [0.29, 0.717) is 0 Å². The van der Waals surface area contributed by atoms with Crippen LogP contribution in [0.1, 0.15) is 19.3 Å². The van der Waals surface area contributed by atoms with Crippen molar-refractivity contribution in [1.82, 2.24) is 5.32 Å². The second kappa shape index (κ2) is 5.76. The molecule has 1 unspecified atom stereocenters. The van der Waals surface area contributed by atoms with E-state index in [2.05, 4.69) is 41.0 Å². The van der Waals surface area contributed by atoms with Crippen LogP contribution in [-0.4, -0.2) is 19.6 Å². The molecule has 0 amide bonds. The summed E-state index contributed by atoms with van der Waals surface area (Å²) < 4.78 is 0. The third-order valence-corrected chi connectivity index (χ3v) is 3.05. The molecule has 0 aromatic heterocycles. The van der Waals surface area contributed by atoms with E-state index in [1.807, 2.05) is 0 Å². The van der Waals surface area contributed by atoms with Gasteiger partial charge in [-0.25, -0.2) is 0 Å². The maximum absolute atomic E-state index is 3.45. The number of benzene rings is 1. The molecule has 2 nitrogen and oxygen atoms in total. The summed E-state index contributed by atoms with van der Waals surface area (Å²) in [4.78, 5) is 0. The van der Waals surface area contributed by atoms with Gasteiger partial charge in [0.2, 0.25) is 0 Å². The van der Waals surface area contributed by atoms with Crippen LogP contribution in [0.4, 0.5) is 5.69 Å². The van der Waals surface area contributed by atoms with E-state index in [-0.39, 0.29) is 0 Å². The molecule has 2 rings (SSSR count). The molecule has 1 saturated heterocycles. The Morgan fingerprint density at radius 2 is 2.13 bits per heavy atom. The number of hydrogen-bond donors (Lipinski definition) is 2. The number of hydrogen-bond acceptors (Lipinski definition) is 2. The van der Waals surface area contributed by atoms with Gasteiger partial charge in [0, 0.05) is 12.2 Å². The van der Waals surface area contributed by atoms with Gasteiger partial charge in [-0.15, -0.1) is 0 Å². The molecule has 82 valence electrons. The van der Waals surface area contributed by atoms with Gasteiger partial charge in [-0.3, -0.25) is 0 Å². The maximum Gasteiger partial charge on any atom is 0.0340 e. The van der Waals surface area contributed by atoms with Crippen molar-refractivity contribution in [2.24, 2.45) is 5.92 Å². The lowest BCUT2D eigenvalue weighted by Crippen LogP contribution is -2.10. The van der Waals surface area contributed by atoms with E-state index >= 15 is 0 Å². The summed E-state index contributed by atoms with van der Waals surface area (Å²) in [7, 11) is 0. The molecule has 0 radical (unpaired) electrons. The summed E-state index contributed by atoms with van der Waals surface area (Å²) >= 11 is 0. The van der Waals surface area contributed by atoms with E-state index in [1.54, 1.807) is 0 Å². The van der Waals surface area contributed by atoms with Crippen molar-refractivity contribution in [1.29, 1.82) is 0 Å². The summed E-state index contributed by atoms with van der Waals surface area (Å²) in [6, 6.07) is 10.4. The Bertz CT molecular complexity index is 265. The number of anilines is 1. The third kappa shape index (κ3) is 3.56. The van der Waals surface area contributed by atoms with Gasteiger partial charge in [-0.1, -0.05) is 18.2 Å². The highest BCUT2D eigenvalue weighted by Gasteiger charge is 2.12. The molecule has 0 saturated carbocycles. The second-order valence-electron chi connectivity index (χ2n) is 4.29. The number of rotatable bonds is 5. The van der Waals surface area contributed by atoms with Crippen molar-refractivity contribution in [2.75, 3.05) is 25.0 Å². The van der Waals surface area contributed by atoms with Gasteiger partial charge >= 0.3 is 0 Å². The van der Waals surface area contributed by atoms with Gasteiger partial charge in [0.05, 0.1) is 0 Å². The monoisotopic (exact) mass is 204 g/mol. The summed E-state index contributed by atoms with van der Waals surface area (Å²) in [6.07, 6.45) is 4.00. The van der Waals surface area contributed by atoms with Crippen molar-refractivity contribution in [2.45, 2.75) is 19.3 Å². The molecule has 2 heteroatoms. The summed E-state index contributed by atoms with van der Waals surface area (Å²) in [5.74, 6) is 0.919. The van der Waals surface area contributed by atoms with Gasteiger partial charge in [0.1, 0.15) is 0 Å². The first-order chi connectivity index (χ1) is 7.45. The molecular formula is C13H20N2. The minimum atomic E-state index is 0.919. The Kier molecular flexibility index (Phi) is 4.03. The lowest BCUT2D eigenvalue weighted by molar-refractivity contribution is 0.518. The topological polar surface area (TPSA) is 24.1 Å². The fraction of sp³-hybridized carbons (Fsp3) is 0.538. The molecule has 2 N–H and O–H groups in total. The molecule has 1 atom stereocenters. The second-order valence-corrected chi connectivity index (χ2v) is 4.29. The molecular weight excluding hydrogens is 184 g/mol. The van der Waals surface area contributed by atoms with Gasteiger partial charge in [0.15, 0.2) is 0 Å². The normalized spacial score (nSPS) is 20.4. The lowest BCUT2D eigenvalue weighted by Gasteiger charge is -2.09. The van der Waals surface area contributed by atoms with Crippen LogP contribution in [0.5, 0.6) is 0 Å². The minimum Gasteiger partial charge on any atom is -0.385 e. The van der Waals surface area contributed by atoms with E-state index in [0.717, 1.165) is 12.5 Å². The van der Waals surface area contributed by atoms with Crippen LogP contribution >= 0.6 is 0 Å². The Morgan fingerprint density at radius 3 is 2.87 bits per heavy atom. The molecule has 1 aromatic carbocycles. The molecule has 1 aromatic rings. The molecule has 1 aliphatic rings. The standard InChI is InChI=1S/C13H20N2/c1-2-6-13(7-3-1)15-9-4-5-12-8-10-14-11-12/h1-3,6-7,12,14-15H,4-5,8-11H2. The summed E-state index contributed by atoms with van der Waals surface area (Å²) in [6.45, 7) is 3.54. The summed E-state index contributed by atoms with van der Waals surface area (Å²) in [5.41, 5.74) is 1.24. The van der Waals surface area contributed by atoms with Gasteiger partial charge in [-0.2, -0.15) is 0 Å². The Balaban J connectivity index is 1.59. The van der Waals surface area contributed by atoms with E-state index in [4.69, 9.17) is 0 Å². The Hall–Kier alpha value is -1.02. The van der Waals surface area contributed by atoms with Crippen LogP contribution in [0, 0.1) is 5.92 Å². The Morgan fingerprint density at radius 1 is 1.27 bits per heavy atom. The minimum absolute atomic E-state index is 0.919. The van der Waals surface area contributed by atoms with E-state index in [9.17, 15) is 0 Å². The highest BCUT2D eigenvalue weighted by atomic mass is 14.9. The lowest BCUT2D eigenvalue weighted by atomic mass is 10.0. The van der Waals surface area contributed by atoms with Crippen LogP contribution in [0.25, 0.3) is 0 Å². The van der Waals surface area contributed by atoms with Crippen LogP contribution in [0.15, 0.2) is 30.3 Å². The van der Waals surface area contributed by atoms with Gasteiger partial charge in [-0.05, 0) is 50.4 Å². The average molecular weight is 204 g/mol. The van der Waals surface area contributed by atoms with E-state index in [1.165, 1.54) is 38.0 Å². The molecule has 1 heterocycles. The zero-order chi connectivity index (χ0) is 10.3. The van der Waals surface area contributed by atoms with Crippen molar-refractivity contribution in [3.05, 3.63) is 30.3 Å². The molecule has 1 aliphatic heterocycles. The van der Waals surface area contributed by atoms with Crippen LogP contribution < -0.4 is 10.6 Å². The number of nitrogens with one attached hydrogen (secondary N) is 2. The van der Waals surface area contributed by atoms with Gasteiger partial charge < -0.3 is 10.6 Å². The molecule has 1 fully saturated rings. The fourth-order valence-corrected chi connectivity index (χ4v) is 2.14. The number of para-hydroxylation sites is 1. The predicted molar refractivity (Wildman–Crippen MR) is 65.1 cm³/mol. The van der Waals surface area contributed by atoms with Gasteiger partial charge in [0.25, 0.3) is 0 Å². The van der Waals surface area contributed by atoms with Crippen LogP contribution in [-0.2, 0) is 0 Å². The fourth-order valence-electron chi connectivity index (χ4n) is 2.14. The predicted octanol–water partition coefficient (Wildman–Crippen LogP) is 2.49. The Labute approximate surface area is 92.1 Å². The SMILES string of the molecule is c1ccc(NCCCC2CCNC2)cc1. The van der Waals surface area contributed by atoms with Crippen molar-refractivity contribution in [3.63, 3.8) is 0 Å². The first-order valence-corrected chi connectivity index (χ1v) is 5.95. The smallest absolute Gasteiger partial charge is 0.0340 e. The van der Waals surface area contributed by atoms with Crippen molar-refractivity contribution in [3.8, 4) is 0 Å². The molecule has 0 aliphatic carbocycles. The molecule has 0 bridgehead atoms. The molecule has 0 spiro atoms. The average Bonchev–Trinajstić information content (AvgIpc) is 2.79. The van der Waals surface area contributed by atoms with Crippen molar-refractivity contribution >= 4 is 5.69 Å². The summed E-state index contributed by atoms with van der Waals surface area (Å²) in [5, 5.41) is 6.86. The largest absolute Gasteiger partial charge is 0.385 e. The molecule has 15 heavy (non-hydrogen) atoms. The first-order valence-electron chi connectivity index (χ1n) is 5.95. The highest BCUT2D eigenvalue weighted by Crippen LogP contribution is 2.14. The quantitative estimate of drug-likeness (QED) is 0.720. The zero-order valence-corrected chi connectivity index (χ0v) is 9.21. The first kappa shape index (κ1) is 10.5. The highest BCUT2D eigenvalue weighted by molar-refractivity contribution is 5.42. The zero-order valence-electron chi connectivity index (χ0n) is 9.21. The maximum atomic E-state index is 3.45. The van der Waals surface area contributed by atoms with Crippen LogP contribution in [0.3, 0.4) is 0 Å². The third-order valence-electron chi connectivity index (χ3n) is 3.05. The van der Waals surface area contributed by atoms with Crippen LogP contribution in [0.2, 0.25) is 0 Å². The van der Waals surface area contributed by atoms with E-state index < -0.39 is 0 Å². The van der Waals surface area contributed by atoms with Crippen molar-refractivity contribution < 1.29 is 0 Å².